The fourth-order valence-corrected chi connectivity index (χ4v) is 4.95. The number of piperidine rings is 1. The number of nitrogens with one attached hydrogen (secondary N) is 1. The Morgan fingerprint density at radius 1 is 1.05 bits per heavy atom. The van der Waals surface area contributed by atoms with Gasteiger partial charge in [-0.1, -0.05) is 18.2 Å². The monoisotopic (exact) mass is 535 g/mol. The summed E-state index contributed by atoms with van der Waals surface area (Å²) in [5.41, 5.74) is 18.8. The summed E-state index contributed by atoms with van der Waals surface area (Å²) in [7, 11) is 0. The summed E-state index contributed by atoms with van der Waals surface area (Å²) in [6.45, 7) is 1.82. The highest BCUT2D eigenvalue weighted by atomic mass is 16.5. The summed E-state index contributed by atoms with van der Waals surface area (Å²) in [6, 6.07) is 12.5. The fraction of sp³-hybridized carbons (Fsp3) is 0.385. The molecule has 3 aromatic rings. The van der Waals surface area contributed by atoms with Gasteiger partial charge in [-0.05, 0) is 37.1 Å². The minimum Gasteiger partial charge on any atom is -0.507 e. The first kappa shape index (κ1) is 26.6. The molecule has 2 fully saturated rings. The number of para-hydroxylation sites is 1. The van der Waals surface area contributed by atoms with Crippen LogP contribution in [0.3, 0.4) is 0 Å². The molecule has 39 heavy (non-hydrogen) atoms. The lowest BCUT2D eigenvalue weighted by molar-refractivity contribution is 0.0731. The molecule has 2 aliphatic heterocycles. The zero-order valence-electron chi connectivity index (χ0n) is 21.3. The average Bonchev–Trinajstić information content (AvgIpc) is 3.29. The Morgan fingerprint density at radius 3 is 2.46 bits per heavy atom. The van der Waals surface area contributed by atoms with Crippen molar-refractivity contribution in [3.63, 3.8) is 0 Å². The van der Waals surface area contributed by atoms with Crippen LogP contribution in [0.1, 0.15) is 23.2 Å². The number of esters is 1. The molecule has 0 bridgehead atoms. The number of aromatic nitrogens is 3. The smallest absolute Gasteiger partial charge is 0.347 e. The Balaban J connectivity index is 1.42. The Labute approximate surface area is 225 Å². The van der Waals surface area contributed by atoms with Gasteiger partial charge in [0.15, 0.2) is 0 Å². The van der Waals surface area contributed by atoms with Gasteiger partial charge >= 0.3 is 5.97 Å². The van der Waals surface area contributed by atoms with E-state index in [2.05, 4.69) is 20.3 Å². The Morgan fingerprint density at radius 2 is 1.77 bits per heavy atom. The Kier molecular flexibility index (Phi) is 7.74. The summed E-state index contributed by atoms with van der Waals surface area (Å²) in [5, 5.41) is 24.1. The van der Waals surface area contributed by atoms with E-state index in [0.717, 1.165) is 0 Å². The van der Waals surface area contributed by atoms with Gasteiger partial charge in [0, 0.05) is 50.0 Å². The molecule has 2 aromatic carbocycles. The zero-order chi connectivity index (χ0) is 27.5. The lowest BCUT2D eigenvalue weighted by Gasteiger charge is -2.35. The van der Waals surface area contributed by atoms with Gasteiger partial charge in [0.1, 0.15) is 17.1 Å². The lowest BCUT2D eigenvalue weighted by atomic mass is 10.0. The van der Waals surface area contributed by atoms with Gasteiger partial charge < -0.3 is 47.3 Å². The number of aliphatic hydroxyl groups excluding tert-OH is 1. The molecule has 2 aliphatic rings. The third-order valence-corrected chi connectivity index (χ3v) is 6.85. The van der Waals surface area contributed by atoms with E-state index in [-0.39, 0.29) is 41.9 Å². The number of nitrogens with two attached hydrogens (primary N) is 3. The van der Waals surface area contributed by atoms with Gasteiger partial charge in [0.2, 0.25) is 17.8 Å². The largest absolute Gasteiger partial charge is 0.507 e. The minimum atomic E-state index is -0.687. The van der Waals surface area contributed by atoms with Gasteiger partial charge in [-0.2, -0.15) is 15.0 Å². The van der Waals surface area contributed by atoms with Gasteiger partial charge in [0.25, 0.3) is 0 Å². The van der Waals surface area contributed by atoms with E-state index < -0.39 is 12.1 Å². The number of hydrogen-bond donors (Lipinski definition) is 6. The van der Waals surface area contributed by atoms with E-state index in [1.54, 1.807) is 30.3 Å². The topological polar surface area (TPSA) is 202 Å². The van der Waals surface area contributed by atoms with Crippen LogP contribution in [0.5, 0.6) is 11.5 Å². The molecule has 0 amide bonds. The number of aliphatic hydroxyl groups is 1. The van der Waals surface area contributed by atoms with Crippen LogP contribution in [-0.2, 0) is 0 Å². The number of aromatic hydroxyl groups is 1. The van der Waals surface area contributed by atoms with E-state index >= 15 is 0 Å². The second-order valence-electron chi connectivity index (χ2n) is 9.83. The molecular weight excluding hydrogens is 502 g/mol. The SMILES string of the molecule is NC[C@H]1[C@@H](O)CCN1c1nc(Nc2ccc(C(=O)Oc3ccccc3)c(O)c2)nc(N2C[C@H](N)C[C@H](N)C2)n1. The van der Waals surface area contributed by atoms with Crippen molar-refractivity contribution in [2.24, 2.45) is 17.2 Å². The first-order valence-corrected chi connectivity index (χ1v) is 12.8. The van der Waals surface area contributed by atoms with Crippen LogP contribution in [0.4, 0.5) is 23.5 Å². The van der Waals surface area contributed by atoms with Crippen LogP contribution in [0.25, 0.3) is 0 Å². The van der Waals surface area contributed by atoms with Crippen molar-refractivity contribution < 1.29 is 19.7 Å². The maximum absolute atomic E-state index is 12.6. The van der Waals surface area contributed by atoms with E-state index in [1.807, 2.05) is 15.9 Å². The highest BCUT2D eigenvalue weighted by Crippen LogP contribution is 2.29. The van der Waals surface area contributed by atoms with Crippen molar-refractivity contribution in [3.8, 4) is 11.5 Å². The maximum Gasteiger partial charge on any atom is 0.347 e. The molecule has 0 unspecified atom stereocenters. The van der Waals surface area contributed by atoms with Gasteiger partial charge in [-0.3, -0.25) is 0 Å². The zero-order valence-corrected chi connectivity index (χ0v) is 21.3. The van der Waals surface area contributed by atoms with Crippen LogP contribution in [-0.4, -0.2) is 81.5 Å². The molecule has 0 aliphatic carbocycles. The van der Waals surface area contributed by atoms with E-state index in [9.17, 15) is 15.0 Å². The number of rotatable bonds is 7. The number of carbonyl (C=O) groups excluding carboxylic acids is 1. The molecule has 9 N–H and O–H groups in total. The van der Waals surface area contributed by atoms with Gasteiger partial charge in [-0.15, -0.1) is 0 Å². The first-order valence-electron chi connectivity index (χ1n) is 12.8. The highest BCUT2D eigenvalue weighted by Gasteiger charge is 2.35. The number of phenols is 1. The Bertz CT molecular complexity index is 1300. The number of phenolic OH excluding ortho intramolecular Hbond substituents is 1. The van der Waals surface area contributed by atoms with Gasteiger partial charge in [0.05, 0.1) is 12.1 Å². The summed E-state index contributed by atoms with van der Waals surface area (Å²) >= 11 is 0. The maximum atomic E-state index is 12.6. The van der Waals surface area contributed by atoms with Crippen LogP contribution in [0, 0.1) is 0 Å². The normalized spacial score (nSPS) is 23.1. The molecule has 0 spiro atoms. The predicted octanol–water partition coefficient (Wildman–Crippen LogP) is 0.303. The molecular formula is C26H33N9O4. The average molecular weight is 536 g/mol. The lowest BCUT2D eigenvalue weighted by Crippen LogP contribution is -2.53. The van der Waals surface area contributed by atoms with Crippen LogP contribution < -0.4 is 37.1 Å². The van der Waals surface area contributed by atoms with Crippen LogP contribution >= 0.6 is 0 Å². The van der Waals surface area contributed by atoms with Crippen molar-refractivity contribution in [3.05, 3.63) is 54.1 Å². The summed E-state index contributed by atoms with van der Waals surface area (Å²) < 4.78 is 5.33. The second kappa shape index (κ2) is 11.4. The number of anilines is 4. The summed E-state index contributed by atoms with van der Waals surface area (Å²) in [5.74, 6) is 0.364. The van der Waals surface area contributed by atoms with E-state index in [0.29, 0.717) is 55.8 Å². The number of hydrogen-bond acceptors (Lipinski definition) is 13. The minimum absolute atomic E-state index is 0.00885. The molecule has 3 heterocycles. The van der Waals surface area contributed by atoms with Crippen molar-refractivity contribution >= 4 is 29.5 Å². The summed E-state index contributed by atoms with van der Waals surface area (Å²) in [4.78, 5) is 30.2. The molecule has 13 nitrogen and oxygen atoms in total. The molecule has 2 saturated heterocycles. The quantitative estimate of drug-likeness (QED) is 0.178. The van der Waals surface area contributed by atoms with Gasteiger partial charge in [-0.25, -0.2) is 4.79 Å². The van der Waals surface area contributed by atoms with Crippen LogP contribution in [0.2, 0.25) is 0 Å². The van der Waals surface area contributed by atoms with Crippen molar-refractivity contribution in [2.75, 3.05) is 41.3 Å². The highest BCUT2D eigenvalue weighted by molar-refractivity contribution is 5.94. The second-order valence-corrected chi connectivity index (χ2v) is 9.83. The van der Waals surface area contributed by atoms with Crippen molar-refractivity contribution in [1.82, 2.24) is 15.0 Å². The van der Waals surface area contributed by atoms with Crippen LogP contribution in [0.15, 0.2) is 48.5 Å². The van der Waals surface area contributed by atoms with Crippen molar-refractivity contribution in [2.45, 2.75) is 37.1 Å². The first-order chi connectivity index (χ1) is 18.8. The molecule has 4 atom stereocenters. The number of benzene rings is 2. The third-order valence-electron chi connectivity index (χ3n) is 6.85. The number of carbonyl (C=O) groups is 1. The van der Waals surface area contributed by atoms with Crippen molar-refractivity contribution in [1.29, 1.82) is 0 Å². The fourth-order valence-electron chi connectivity index (χ4n) is 4.95. The number of ether oxygens (including phenoxy) is 1. The standard InChI is InChI=1S/C26H33N9O4/c27-12-20-21(36)8-9-35(20)26-32-24(31-25(33-26)34-13-15(28)10-16(29)14-34)30-17-6-7-19(22(37)11-17)23(38)39-18-4-2-1-3-5-18/h1-7,11,15-16,20-21,36-37H,8-10,12-14,27-29H2,(H,30,31,32,33)/t15-,16+,20-,21-/m0/s1. The molecule has 5 rings (SSSR count). The predicted molar refractivity (Wildman–Crippen MR) is 146 cm³/mol. The Hall–Kier alpha value is -4.04. The molecule has 1 aromatic heterocycles. The van der Waals surface area contributed by atoms with E-state index in [1.165, 1.54) is 12.1 Å². The summed E-state index contributed by atoms with van der Waals surface area (Å²) in [6.07, 6.45) is 0.647. The van der Waals surface area contributed by atoms with E-state index in [4.69, 9.17) is 21.9 Å². The molecule has 0 saturated carbocycles. The molecule has 0 radical (unpaired) electrons. The molecule has 206 valence electrons. The third kappa shape index (κ3) is 6.01. The number of nitrogens with zero attached hydrogens (tertiary/aromatic N) is 5. The molecule has 13 heteroatoms.